The lowest BCUT2D eigenvalue weighted by molar-refractivity contribution is -0.114. The molecule has 21 heavy (non-hydrogen) atoms. The maximum absolute atomic E-state index is 11.1. The third-order valence-corrected chi connectivity index (χ3v) is 3.36. The van der Waals surface area contributed by atoms with E-state index in [4.69, 9.17) is 11.6 Å². The van der Waals surface area contributed by atoms with Crippen molar-refractivity contribution in [3.05, 3.63) is 46.6 Å². The van der Waals surface area contributed by atoms with Gasteiger partial charge in [-0.1, -0.05) is 23.7 Å². The highest BCUT2D eigenvalue weighted by molar-refractivity contribution is 6.30. The van der Waals surface area contributed by atoms with Gasteiger partial charge in [0, 0.05) is 17.6 Å². The van der Waals surface area contributed by atoms with E-state index < -0.39 is 0 Å². The van der Waals surface area contributed by atoms with Crippen LogP contribution in [-0.2, 0) is 4.79 Å². The monoisotopic (exact) mass is 303 g/mol. The molecule has 1 amide bonds. The van der Waals surface area contributed by atoms with Crippen LogP contribution in [0.3, 0.4) is 0 Å². The number of anilines is 2. The van der Waals surface area contributed by atoms with Gasteiger partial charge in [-0.05, 0) is 30.7 Å². The first-order valence-corrected chi connectivity index (χ1v) is 6.86. The zero-order chi connectivity index (χ0) is 15.0. The summed E-state index contributed by atoms with van der Waals surface area (Å²) in [5, 5.41) is 10.8. The summed E-state index contributed by atoms with van der Waals surface area (Å²) in [6.07, 6.45) is 2.04. The third kappa shape index (κ3) is 2.75. The minimum atomic E-state index is -0.203. The Hall–Kier alpha value is -2.34. The summed E-state index contributed by atoms with van der Waals surface area (Å²) < 4.78 is 1.74. The van der Waals surface area contributed by atoms with Crippen molar-refractivity contribution >= 4 is 29.4 Å². The summed E-state index contributed by atoms with van der Waals surface area (Å²) in [6.45, 7) is 3.38. The van der Waals surface area contributed by atoms with E-state index in [0.717, 1.165) is 11.3 Å². The van der Waals surface area contributed by atoms with E-state index in [2.05, 4.69) is 20.7 Å². The minimum Gasteiger partial charge on any atom is -0.329 e. The van der Waals surface area contributed by atoms with Crippen LogP contribution >= 0.6 is 11.6 Å². The predicted octanol–water partition coefficient (Wildman–Crippen LogP) is 2.81. The Morgan fingerprint density at radius 2 is 2.10 bits per heavy atom. The largest absolute Gasteiger partial charge is 0.329 e. The number of halogens is 1. The van der Waals surface area contributed by atoms with Crippen molar-refractivity contribution < 1.29 is 4.79 Å². The number of nitrogens with one attached hydrogen (secondary N) is 2. The Balaban J connectivity index is 2.01. The van der Waals surface area contributed by atoms with Crippen molar-refractivity contribution in [2.24, 2.45) is 0 Å². The second kappa shape index (κ2) is 5.21. The van der Waals surface area contributed by atoms with Crippen molar-refractivity contribution in [2.75, 3.05) is 10.6 Å². The molecule has 7 heteroatoms. The highest BCUT2D eigenvalue weighted by Gasteiger charge is 2.23. The van der Waals surface area contributed by atoms with Gasteiger partial charge in [-0.25, -0.2) is 4.68 Å². The molecule has 0 spiro atoms. The van der Waals surface area contributed by atoms with Gasteiger partial charge >= 0.3 is 0 Å². The highest BCUT2D eigenvalue weighted by atomic mass is 35.5. The smallest absolute Gasteiger partial charge is 0.250 e. The van der Waals surface area contributed by atoms with E-state index >= 15 is 0 Å². The first-order valence-electron chi connectivity index (χ1n) is 6.48. The molecule has 0 bridgehead atoms. The fraction of sp³-hybridized carbons (Fsp3) is 0.214. The van der Waals surface area contributed by atoms with Crippen LogP contribution in [0.15, 0.2) is 36.0 Å². The van der Waals surface area contributed by atoms with E-state index in [1.807, 2.05) is 37.3 Å². The molecule has 0 fully saturated rings. The van der Waals surface area contributed by atoms with Gasteiger partial charge in [-0.15, -0.1) is 5.10 Å². The Morgan fingerprint density at radius 1 is 1.38 bits per heavy atom. The third-order valence-electron chi connectivity index (χ3n) is 3.11. The van der Waals surface area contributed by atoms with Gasteiger partial charge in [-0.3, -0.25) is 10.1 Å². The molecule has 1 aliphatic heterocycles. The first-order chi connectivity index (χ1) is 10.0. The second-order valence-electron chi connectivity index (χ2n) is 4.86. The zero-order valence-electron chi connectivity index (χ0n) is 11.6. The summed E-state index contributed by atoms with van der Waals surface area (Å²) in [5.41, 5.74) is 2.02. The summed E-state index contributed by atoms with van der Waals surface area (Å²) in [5.74, 6) is 0.677. The van der Waals surface area contributed by atoms with Crippen molar-refractivity contribution in [2.45, 2.75) is 19.9 Å². The number of allylic oxidation sites excluding steroid dienone is 2. The Morgan fingerprint density at radius 3 is 2.76 bits per heavy atom. The van der Waals surface area contributed by atoms with E-state index in [-0.39, 0.29) is 17.9 Å². The average Bonchev–Trinajstić information content (AvgIpc) is 2.79. The maximum atomic E-state index is 11.1. The Bertz CT molecular complexity index is 719. The van der Waals surface area contributed by atoms with Crippen molar-refractivity contribution in [1.82, 2.24) is 14.8 Å². The normalized spacial score (nSPS) is 16.7. The van der Waals surface area contributed by atoms with Crippen molar-refractivity contribution in [1.29, 1.82) is 0 Å². The SMILES string of the molecule is CC(=O)Nc1nc2n(n1)[C@H](c1ccc(Cl)cc1)C=C(C)N2. The number of carbonyl (C=O) groups is 1. The molecule has 3 rings (SSSR count). The number of benzene rings is 1. The molecule has 2 aromatic rings. The van der Waals surface area contributed by atoms with Crippen LogP contribution in [-0.4, -0.2) is 20.7 Å². The van der Waals surface area contributed by atoms with Gasteiger partial charge in [0.05, 0.1) is 0 Å². The quantitative estimate of drug-likeness (QED) is 0.895. The van der Waals surface area contributed by atoms with Crippen LogP contribution in [0.4, 0.5) is 11.9 Å². The van der Waals surface area contributed by atoms with E-state index in [1.165, 1.54) is 6.92 Å². The molecule has 0 saturated heterocycles. The molecule has 0 saturated carbocycles. The molecular weight excluding hydrogens is 290 g/mol. The number of aromatic nitrogens is 3. The number of carbonyl (C=O) groups excluding carboxylic acids is 1. The summed E-state index contributed by atoms with van der Waals surface area (Å²) in [4.78, 5) is 15.4. The fourth-order valence-corrected chi connectivity index (χ4v) is 2.36. The van der Waals surface area contributed by atoms with Crippen LogP contribution in [0.5, 0.6) is 0 Å². The highest BCUT2D eigenvalue weighted by Crippen LogP contribution is 2.30. The molecule has 2 N–H and O–H groups in total. The second-order valence-corrected chi connectivity index (χ2v) is 5.29. The molecule has 0 radical (unpaired) electrons. The van der Waals surface area contributed by atoms with Gasteiger partial charge in [-0.2, -0.15) is 4.98 Å². The van der Waals surface area contributed by atoms with Gasteiger partial charge in [0.1, 0.15) is 6.04 Å². The molecule has 1 aliphatic rings. The lowest BCUT2D eigenvalue weighted by Gasteiger charge is -2.22. The Kier molecular flexibility index (Phi) is 3.39. The van der Waals surface area contributed by atoms with Gasteiger partial charge in [0.2, 0.25) is 11.9 Å². The van der Waals surface area contributed by atoms with E-state index in [9.17, 15) is 4.79 Å². The van der Waals surface area contributed by atoms with Gasteiger partial charge < -0.3 is 5.32 Å². The lowest BCUT2D eigenvalue weighted by atomic mass is 10.1. The number of hydrogen-bond acceptors (Lipinski definition) is 4. The lowest BCUT2D eigenvalue weighted by Crippen LogP contribution is -2.19. The molecule has 108 valence electrons. The molecule has 1 atom stereocenters. The zero-order valence-corrected chi connectivity index (χ0v) is 12.3. The Labute approximate surface area is 126 Å². The standard InChI is InChI=1S/C14H14ClN5O/c1-8-7-12(10-3-5-11(15)6-4-10)20-14(16-8)18-13(19-20)17-9(2)21/h3-7,12H,1-2H3,(H2,16,17,18,19,21)/t12-/m0/s1. The van der Waals surface area contributed by atoms with Crippen molar-refractivity contribution in [3.63, 3.8) is 0 Å². The summed E-state index contributed by atoms with van der Waals surface area (Å²) in [7, 11) is 0. The summed E-state index contributed by atoms with van der Waals surface area (Å²) >= 11 is 5.93. The number of fused-ring (bicyclic) bond motifs is 1. The molecule has 0 unspecified atom stereocenters. The van der Waals surface area contributed by atoms with Gasteiger partial charge in [0.15, 0.2) is 0 Å². The van der Waals surface area contributed by atoms with Crippen LogP contribution in [0.2, 0.25) is 5.02 Å². The van der Waals surface area contributed by atoms with Gasteiger partial charge in [0.25, 0.3) is 5.95 Å². The topological polar surface area (TPSA) is 71.8 Å². The number of amides is 1. The fourth-order valence-electron chi connectivity index (χ4n) is 2.24. The number of hydrogen-bond donors (Lipinski definition) is 2. The average molecular weight is 304 g/mol. The number of rotatable bonds is 2. The van der Waals surface area contributed by atoms with Crippen LogP contribution in [0.1, 0.15) is 25.5 Å². The maximum Gasteiger partial charge on any atom is 0.250 e. The van der Waals surface area contributed by atoms with Crippen LogP contribution in [0.25, 0.3) is 0 Å². The molecule has 1 aromatic carbocycles. The summed E-state index contributed by atoms with van der Waals surface area (Å²) in [6, 6.07) is 7.49. The van der Waals surface area contributed by atoms with Crippen LogP contribution in [0, 0.1) is 0 Å². The first kappa shape index (κ1) is 13.6. The van der Waals surface area contributed by atoms with Crippen LogP contribution < -0.4 is 10.6 Å². The number of nitrogens with zero attached hydrogens (tertiary/aromatic N) is 3. The molecular formula is C14H14ClN5O. The minimum absolute atomic E-state index is 0.0893. The molecule has 6 nitrogen and oxygen atoms in total. The molecule has 1 aromatic heterocycles. The van der Waals surface area contributed by atoms with E-state index in [1.54, 1.807) is 4.68 Å². The predicted molar refractivity (Wildman–Crippen MR) is 81.3 cm³/mol. The molecule has 2 heterocycles. The van der Waals surface area contributed by atoms with Crippen molar-refractivity contribution in [3.8, 4) is 0 Å². The van der Waals surface area contributed by atoms with E-state index in [0.29, 0.717) is 11.0 Å². The molecule has 0 aliphatic carbocycles.